The molecule has 1 aromatic carbocycles. The monoisotopic (exact) mass is 252 g/mol. The van der Waals surface area contributed by atoms with E-state index >= 15 is 0 Å². The van der Waals surface area contributed by atoms with Crippen LogP contribution in [0.15, 0.2) is 24.3 Å². The number of hydrogen-bond acceptors (Lipinski definition) is 4. The van der Waals surface area contributed by atoms with Gasteiger partial charge in [0.1, 0.15) is 0 Å². The van der Waals surface area contributed by atoms with Crippen LogP contribution in [-0.2, 0) is 6.42 Å². The standard InChI is InChI=1S/C12H16N2O2S/c1-9-12(17-6-5-13-9)8-10-3-2-4-11(7-10)14(15)16/h2-4,7,9,12-13H,5-6,8H2,1H3. The number of non-ortho nitro benzene ring substituents is 1. The molecule has 1 heterocycles. The number of nitro groups is 1. The fourth-order valence-corrected chi connectivity index (χ4v) is 3.27. The van der Waals surface area contributed by atoms with Crippen LogP contribution in [0.1, 0.15) is 12.5 Å². The van der Waals surface area contributed by atoms with Crippen molar-refractivity contribution in [3.8, 4) is 0 Å². The van der Waals surface area contributed by atoms with Crippen LogP contribution >= 0.6 is 11.8 Å². The Labute approximate surface area is 105 Å². The molecule has 0 saturated carbocycles. The number of thioether (sulfide) groups is 1. The van der Waals surface area contributed by atoms with Gasteiger partial charge in [-0.3, -0.25) is 10.1 Å². The van der Waals surface area contributed by atoms with Crippen molar-refractivity contribution >= 4 is 17.4 Å². The summed E-state index contributed by atoms with van der Waals surface area (Å²) in [6.07, 6.45) is 0.889. The van der Waals surface area contributed by atoms with Gasteiger partial charge in [-0.15, -0.1) is 0 Å². The second kappa shape index (κ2) is 5.51. The zero-order valence-corrected chi connectivity index (χ0v) is 10.6. The summed E-state index contributed by atoms with van der Waals surface area (Å²) in [6, 6.07) is 7.42. The van der Waals surface area contributed by atoms with Crippen LogP contribution in [0.3, 0.4) is 0 Å². The highest BCUT2D eigenvalue weighted by molar-refractivity contribution is 8.00. The fourth-order valence-electron chi connectivity index (χ4n) is 2.04. The molecule has 0 amide bonds. The Morgan fingerprint density at radius 2 is 2.41 bits per heavy atom. The SMILES string of the molecule is CC1NCCSC1Cc1cccc([N+](=O)[O-])c1. The predicted octanol–water partition coefficient (Wildman–Crippen LogP) is 2.23. The van der Waals surface area contributed by atoms with Gasteiger partial charge in [-0.05, 0) is 18.9 Å². The molecule has 2 unspecified atom stereocenters. The largest absolute Gasteiger partial charge is 0.312 e. The van der Waals surface area contributed by atoms with Crippen molar-refractivity contribution < 1.29 is 4.92 Å². The lowest BCUT2D eigenvalue weighted by molar-refractivity contribution is -0.384. The highest BCUT2D eigenvalue weighted by Crippen LogP contribution is 2.24. The number of nitrogens with zero attached hydrogens (tertiary/aromatic N) is 1. The summed E-state index contributed by atoms with van der Waals surface area (Å²) in [4.78, 5) is 10.4. The Morgan fingerprint density at radius 1 is 1.59 bits per heavy atom. The first-order valence-electron chi connectivity index (χ1n) is 5.75. The van der Waals surface area contributed by atoms with Crippen LogP contribution < -0.4 is 5.32 Å². The van der Waals surface area contributed by atoms with E-state index < -0.39 is 0 Å². The molecular weight excluding hydrogens is 236 g/mol. The third-order valence-corrected chi connectivity index (χ3v) is 4.46. The first-order chi connectivity index (χ1) is 8.16. The van der Waals surface area contributed by atoms with Crippen molar-refractivity contribution in [3.63, 3.8) is 0 Å². The number of benzene rings is 1. The minimum atomic E-state index is -0.334. The van der Waals surface area contributed by atoms with E-state index in [1.807, 2.05) is 17.8 Å². The van der Waals surface area contributed by atoms with Crippen molar-refractivity contribution in [1.82, 2.24) is 5.32 Å². The summed E-state index contributed by atoms with van der Waals surface area (Å²) in [7, 11) is 0. The maximum Gasteiger partial charge on any atom is 0.269 e. The van der Waals surface area contributed by atoms with Crippen LogP contribution in [0.5, 0.6) is 0 Å². The lowest BCUT2D eigenvalue weighted by atomic mass is 10.0. The van der Waals surface area contributed by atoms with Crippen LogP contribution in [0.25, 0.3) is 0 Å². The Balaban J connectivity index is 2.07. The molecule has 0 radical (unpaired) electrons. The quantitative estimate of drug-likeness (QED) is 0.662. The van der Waals surface area contributed by atoms with Crippen molar-refractivity contribution in [2.24, 2.45) is 0 Å². The van der Waals surface area contributed by atoms with E-state index in [-0.39, 0.29) is 10.6 Å². The van der Waals surface area contributed by atoms with Gasteiger partial charge in [0.25, 0.3) is 5.69 Å². The molecule has 1 saturated heterocycles. The van der Waals surface area contributed by atoms with Gasteiger partial charge in [-0.2, -0.15) is 11.8 Å². The van der Waals surface area contributed by atoms with E-state index in [1.165, 1.54) is 0 Å². The second-order valence-corrected chi connectivity index (χ2v) is 5.63. The van der Waals surface area contributed by atoms with Crippen LogP contribution in [0.4, 0.5) is 5.69 Å². The summed E-state index contributed by atoms with van der Waals surface area (Å²) in [6.45, 7) is 3.23. The summed E-state index contributed by atoms with van der Waals surface area (Å²) >= 11 is 1.95. The van der Waals surface area contributed by atoms with E-state index in [2.05, 4.69) is 12.2 Å². The number of nitro benzene ring substituents is 1. The van der Waals surface area contributed by atoms with E-state index in [0.29, 0.717) is 11.3 Å². The van der Waals surface area contributed by atoms with Crippen molar-refractivity contribution in [2.75, 3.05) is 12.3 Å². The minimum absolute atomic E-state index is 0.184. The molecule has 0 aliphatic carbocycles. The first-order valence-corrected chi connectivity index (χ1v) is 6.80. The molecule has 1 aliphatic rings. The van der Waals surface area contributed by atoms with Gasteiger partial charge in [0.05, 0.1) is 4.92 Å². The maximum atomic E-state index is 10.7. The molecule has 1 fully saturated rings. The molecule has 4 nitrogen and oxygen atoms in total. The average Bonchev–Trinajstić information content (AvgIpc) is 2.32. The van der Waals surface area contributed by atoms with E-state index in [9.17, 15) is 10.1 Å². The van der Waals surface area contributed by atoms with Crippen LogP contribution in [0.2, 0.25) is 0 Å². The van der Waals surface area contributed by atoms with E-state index in [4.69, 9.17) is 0 Å². The summed E-state index contributed by atoms with van der Waals surface area (Å²) in [5.41, 5.74) is 1.23. The molecule has 1 N–H and O–H groups in total. The van der Waals surface area contributed by atoms with Gasteiger partial charge >= 0.3 is 0 Å². The lowest BCUT2D eigenvalue weighted by Crippen LogP contribution is -2.42. The van der Waals surface area contributed by atoms with Gasteiger partial charge < -0.3 is 5.32 Å². The molecule has 0 aromatic heterocycles. The van der Waals surface area contributed by atoms with Gasteiger partial charge in [0, 0.05) is 35.7 Å². The smallest absolute Gasteiger partial charge is 0.269 e. The maximum absolute atomic E-state index is 10.7. The van der Waals surface area contributed by atoms with Crippen molar-refractivity contribution in [1.29, 1.82) is 0 Å². The second-order valence-electron chi connectivity index (χ2n) is 4.28. The molecule has 1 aromatic rings. The minimum Gasteiger partial charge on any atom is -0.312 e. The van der Waals surface area contributed by atoms with E-state index in [0.717, 1.165) is 24.3 Å². The number of hydrogen-bond donors (Lipinski definition) is 1. The molecule has 1 aliphatic heterocycles. The molecule has 17 heavy (non-hydrogen) atoms. The average molecular weight is 252 g/mol. The van der Waals surface area contributed by atoms with Gasteiger partial charge in [0.15, 0.2) is 0 Å². The fraction of sp³-hybridized carbons (Fsp3) is 0.500. The van der Waals surface area contributed by atoms with Crippen molar-refractivity contribution in [2.45, 2.75) is 24.6 Å². The Kier molecular flexibility index (Phi) is 4.02. The lowest BCUT2D eigenvalue weighted by Gasteiger charge is -2.29. The third kappa shape index (κ3) is 3.20. The van der Waals surface area contributed by atoms with Gasteiger partial charge in [0.2, 0.25) is 0 Å². The molecule has 2 rings (SSSR count). The highest BCUT2D eigenvalue weighted by atomic mass is 32.2. The molecule has 0 bridgehead atoms. The molecule has 92 valence electrons. The zero-order valence-electron chi connectivity index (χ0n) is 9.76. The molecule has 2 atom stereocenters. The predicted molar refractivity (Wildman–Crippen MR) is 70.5 cm³/mol. The Hall–Kier alpha value is -1.07. The molecule has 5 heteroatoms. The third-order valence-electron chi connectivity index (χ3n) is 3.02. The Morgan fingerprint density at radius 3 is 3.12 bits per heavy atom. The highest BCUT2D eigenvalue weighted by Gasteiger charge is 2.22. The van der Waals surface area contributed by atoms with Crippen LogP contribution in [-0.4, -0.2) is 28.5 Å². The first kappa shape index (κ1) is 12.4. The summed E-state index contributed by atoms with van der Waals surface area (Å²) in [5, 5.41) is 14.6. The Bertz CT molecular complexity index is 411. The molecular formula is C12H16N2O2S. The normalized spacial score (nSPS) is 24.5. The van der Waals surface area contributed by atoms with E-state index in [1.54, 1.807) is 18.2 Å². The number of nitrogens with one attached hydrogen (secondary N) is 1. The molecule has 0 spiro atoms. The zero-order chi connectivity index (χ0) is 12.3. The van der Waals surface area contributed by atoms with Crippen LogP contribution in [0, 0.1) is 10.1 Å². The summed E-state index contributed by atoms with van der Waals surface area (Å²) < 4.78 is 0. The van der Waals surface area contributed by atoms with Crippen molar-refractivity contribution in [3.05, 3.63) is 39.9 Å². The topological polar surface area (TPSA) is 55.2 Å². The number of rotatable bonds is 3. The van der Waals surface area contributed by atoms with Gasteiger partial charge in [-0.25, -0.2) is 0 Å². The summed E-state index contributed by atoms with van der Waals surface area (Å²) in [5.74, 6) is 1.12. The van der Waals surface area contributed by atoms with Gasteiger partial charge in [-0.1, -0.05) is 12.1 Å².